The van der Waals surface area contributed by atoms with Crippen molar-refractivity contribution in [2.24, 2.45) is 0 Å². The van der Waals surface area contributed by atoms with Crippen LogP contribution in [0.15, 0.2) is 46.4 Å². The Kier molecular flexibility index (Phi) is 4.18. The molecule has 21 heavy (non-hydrogen) atoms. The van der Waals surface area contributed by atoms with Crippen molar-refractivity contribution < 1.29 is 13.9 Å². The summed E-state index contributed by atoms with van der Waals surface area (Å²) in [4.78, 5) is 11.3. The van der Waals surface area contributed by atoms with Gasteiger partial charge in [0.25, 0.3) is 0 Å². The van der Waals surface area contributed by atoms with Crippen molar-refractivity contribution in [3.8, 4) is 23.5 Å². The minimum Gasteiger partial charge on any atom is -0.465 e. The molecule has 0 aliphatic rings. The van der Waals surface area contributed by atoms with Gasteiger partial charge in [0.15, 0.2) is 0 Å². The lowest BCUT2D eigenvalue weighted by atomic mass is 10.1. The molecule has 0 N–H and O–H groups in total. The van der Waals surface area contributed by atoms with E-state index in [1.807, 2.05) is 0 Å². The van der Waals surface area contributed by atoms with E-state index < -0.39 is 5.97 Å². The number of rotatable bonds is 3. The lowest BCUT2D eigenvalue weighted by Gasteiger charge is -2.00. The van der Waals surface area contributed by atoms with E-state index in [1.54, 1.807) is 48.5 Å². The van der Waals surface area contributed by atoms with E-state index in [0.717, 1.165) is 5.56 Å². The average molecular weight is 278 g/mol. The summed E-state index contributed by atoms with van der Waals surface area (Å²) in [7, 11) is 1.32. The Morgan fingerprint density at radius 1 is 1.14 bits per heavy atom. The number of hydrogen-bond acceptors (Lipinski definition) is 5. The van der Waals surface area contributed by atoms with E-state index in [-0.39, 0.29) is 5.57 Å². The van der Waals surface area contributed by atoms with Gasteiger partial charge in [0.1, 0.15) is 29.2 Å². The fourth-order valence-corrected chi connectivity index (χ4v) is 1.71. The van der Waals surface area contributed by atoms with Crippen LogP contribution in [-0.4, -0.2) is 13.1 Å². The predicted molar refractivity (Wildman–Crippen MR) is 74.7 cm³/mol. The molecule has 102 valence electrons. The second-order valence-electron chi connectivity index (χ2n) is 4.05. The maximum Gasteiger partial charge on any atom is 0.337 e. The van der Waals surface area contributed by atoms with Gasteiger partial charge in [-0.2, -0.15) is 10.5 Å². The van der Waals surface area contributed by atoms with E-state index >= 15 is 0 Å². The van der Waals surface area contributed by atoms with Crippen molar-refractivity contribution in [2.45, 2.75) is 0 Å². The lowest BCUT2D eigenvalue weighted by Crippen LogP contribution is -2.00. The Bertz CT molecular complexity index is 755. The maximum absolute atomic E-state index is 11.3. The van der Waals surface area contributed by atoms with E-state index in [2.05, 4.69) is 4.74 Å². The minimum atomic E-state index is -0.405. The van der Waals surface area contributed by atoms with Crippen LogP contribution in [-0.2, 0) is 4.74 Å². The molecule has 0 unspecified atom stereocenters. The van der Waals surface area contributed by atoms with Gasteiger partial charge in [-0.15, -0.1) is 0 Å². The van der Waals surface area contributed by atoms with Crippen LogP contribution < -0.4 is 0 Å². The highest BCUT2D eigenvalue weighted by atomic mass is 16.5. The van der Waals surface area contributed by atoms with Crippen molar-refractivity contribution in [3.05, 3.63) is 53.3 Å². The third-order valence-corrected chi connectivity index (χ3v) is 2.74. The molecule has 0 fully saturated rings. The zero-order valence-electron chi connectivity index (χ0n) is 11.2. The summed E-state index contributed by atoms with van der Waals surface area (Å²) in [6.45, 7) is 0. The van der Waals surface area contributed by atoms with Crippen LogP contribution in [0.25, 0.3) is 17.4 Å². The van der Waals surface area contributed by atoms with Gasteiger partial charge in [0.05, 0.1) is 12.7 Å². The molecule has 2 aromatic rings. The van der Waals surface area contributed by atoms with Crippen LogP contribution in [0.3, 0.4) is 0 Å². The zero-order chi connectivity index (χ0) is 15.2. The van der Waals surface area contributed by atoms with E-state index in [4.69, 9.17) is 14.9 Å². The molecular weight excluding hydrogens is 268 g/mol. The van der Waals surface area contributed by atoms with Gasteiger partial charge in [-0.1, -0.05) is 12.1 Å². The molecule has 1 aromatic carbocycles. The molecule has 0 saturated carbocycles. The van der Waals surface area contributed by atoms with E-state index in [1.165, 1.54) is 13.2 Å². The van der Waals surface area contributed by atoms with E-state index in [0.29, 0.717) is 17.1 Å². The van der Waals surface area contributed by atoms with Crippen molar-refractivity contribution in [3.63, 3.8) is 0 Å². The molecule has 0 aliphatic carbocycles. The zero-order valence-corrected chi connectivity index (χ0v) is 11.2. The number of carbonyl (C=O) groups excluding carboxylic acids is 1. The highest BCUT2D eigenvalue weighted by molar-refractivity contribution is 5.89. The van der Waals surface area contributed by atoms with Crippen molar-refractivity contribution in [1.29, 1.82) is 10.5 Å². The van der Waals surface area contributed by atoms with Gasteiger partial charge < -0.3 is 9.15 Å². The minimum absolute atomic E-state index is 0.0306. The predicted octanol–water partition coefficient (Wildman–Crippen LogP) is 3.16. The topological polar surface area (TPSA) is 87.0 Å². The summed E-state index contributed by atoms with van der Waals surface area (Å²) >= 11 is 0. The quantitative estimate of drug-likeness (QED) is 0.635. The lowest BCUT2D eigenvalue weighted by molar-refractivity contribution is 0.0601. The first-order chi connectivity index (χ1) is 10.2. The van der Waals surface area contributed by atoms with Gasteiger partial charge in [-0.25, -0.2) is 4.79 Å². The number of ether oxygens (including phenoxy) is 1. The number of esters is 1. The Hall–Kier alpha value is -3.31. The normalized spacial score (nSPS) is 9.29. The van der Waals surface area contributed by atoms with Crippen LogP contribution in [0.2, 0.25) is 0 Å². The fourth-order valence-electron chi connectivity index (χ4n) is 1.71. The van der Waals surface area contributed by atoms with Gasteiger partial charge in [-0.05, 0) is 24.3 Å². The Labute approximate surface area is 121 Å². The number of furan rings is 1. The fraction of sp³-hybridized carbons (Fsp3) is 0.0625. The van der Waals surface area contributed by atoms with Crippen LogP contribution in [0.1, 0.15) is 16.1 Å². The number of nitriles is 2. The highest BCUT2D eigenvalue weighted by Crippen LogP contribution is 2.23. The molecule has 0 bridgehead atoms. The molecule has 0 radical (unpaired) electrons. The SMILES string of the molecule is COC(=O)c1ccc(-c2ccc(C=C(C#N)C#N)o2)cc1. The number of hydrogen-bond donors (Lipinski definition) is 0. The summed E-state index contributed by atoms with van der Waals surface area (Å²) in [6, 6.07) is 13.6. The molecule has 2 rings (SSSR count). The number of allylic oxidation sites excluding steroid dienone is 1. The number of carbonyl (C=O) groups is 1. The molecule has 0 atom stereocenters. The second kappa shape index (κ2) is 6.23. The summed E-state index contributed by atoms with van der Waals surface area (Å²) in [6.07, 6.45) is 1.37. The molecule has 0 aliphatic heterocycles. The summed E-state index contributed by atoms with van der Waals surface area (Å²) in [5, 5.41) is 17.4. The number of methoxy groups -OCH3 is 1. The number of benzene rings is 1. The summed E-state index contributed by atoms with van der Waals surface area (Å²) in [5.41, 5.74) is 1.19. The summed E-state index contributed by atoms with van der Waals surface area (Å²) in [5.74, 6) is 0.588. The Morgan fingerprint density at radius 2 is 1.81 bits per heavy atom. The standard InChI is InChI=1S/C16H10N2O3/c1-20-16(19)13-4-2-12(3-5-13)15-7-6-14(21-15)8-11(9-17)10-18/h2-8H,1H3. The van der Waals surface area contributed by atoms with E-state index in [9.17, 15) is 4.79 Å². The molecule has 5 heteroatoms. The first kappa shape index (κ1) is 14.1. The smallest absolute Gasteiger partial charge is 0.337 e. The maximum atomic E-state index is 11.3. The first-order valence-corrected chi connectivity index (χ1v) is 5.98. The Balaban J connectivity index is 2.27. The van der Waals surface area contributed by atoms with Crippen LogP contribution in [0, 0.1) is 22.7 Å². The third-order valence-electron chi connectivity index (χ3n) is 2.74. The Morgan fingerprint density at radius 3 is 2.38 bits per heavy atom. The van der Waals surface area contributed by atoms with Gasteiger partial charge in [0.2, 0.25) is 0 Å². The van der Waals surface area contributed by atoms with Gasteiger partial charge in [-0.3, -0.25) is 0 Å². The molecule has 1 aromatic heterocycles. The van der Waals surface area contributed by atoms with Gasteiger partial charge >= 0.3 is 5.97 Å². The van der Waals surface area contributed by atoms with Crippen molar-refractivity contribution >= 4 is 12.0 Å². The highest BCUT2D eigenvalue weighted by Gasteiger charge is 2.08. The largest absolute Gasteiger partial charge is 0.465 e. The van der Waals surface area contributed by atoms with Crippen molar-refractivity contribution in [1.82, 2.24) is 0 Å². The molecule has 0 spiro atoms. The van der Waals surface area contributed by atoms with Gasteiger partial charge in [0, 0.05) is 11.6 Å². The molecule has 0 saturated heterocycles. The van der Waals surface area contributed by atoms with Crippen LogP contribution in [0.4, 0.5) is 0 Å². The van der Waals surface area contributed by atoms with Crippen LogP contribution in [0.5, 0.6) is 0 Å². The summed E-state index contributed by atoms with van der Waals surface area (Å²) < 4.78 is 10.2. The first-order valence-electron chi connectivity index (χ1n) is 5.98. The van der Waals surface area contributed by atoms with Crippen LogP contribution >= 0.6 is 0 Å². The van der Waals surface area contributed by atoms with Crippen molar-refractivity contribution in [2.75, 3.05) is 7.11 Å². The molecular formula is C16H10N2O3. The third kappa shape index (κ3) is 3.17. The molecule has 5 nitrogen and oxygen atoms in total. The average Bonchev–Trinajstić information content (AvgIpc) is 3.00. The molecule has 0 amide bonds. The second-order valence-corrected chi connectivity index (χ2v) is 4.05. The molecule has 1 heterocycles. The number of nitrogens with zero attached hydrogens (tertiary/aromatic N) is 2. The monoisotopic (exact) mass is 278 g/mol.